The van der Waals surface area contributed by atoms with Crippen molar-refractivity contribution in [2.24, 2.45) is 23.7 Å². The van der Waals surface area contributed by atoms with Crippen LogP contribution in [0.3, 0.4) is 0 Å². The van der Waals surface area contributed by atoms with Gasteiger partial charge in [-0.05, 0) is 49.4 Å². The topological polar surface area (TPSA) is 237 Å². The minimum atomic E-state index is -4.97. The molecule has 0 spiro atoms. The number of carbonyl (C=O) groups is 4. The number of aliphatic hydroxyl groups excluding tert-OH is 1. The van der Waals surface area contributed by atoms with E-state index in [9.17, 15) is 43.2 Å². The van der Waals surface area contributed by atoms with Crippen molar-refractivity contribution >= 4 is 39.5 Å². The van der Waals surface area contributed by atoms with Gasteiger partial charge in [0.15, 0.2) is 12.2 Å². The predicted molar refractivity (Wildman–Crippen MR) is 446 cm³/mol. The van der Waals surface area contributed by atoms with Gasteiger partial charge in [-0.15, -0.1) is 0 Å². The fourth-order valence-electron chi connectivity index (χ4n) is 13.8. The number of phosphoric ester groups is 2. The average Bonchev–Trinajstić information content (AvgIpc) is 1.01. The quantitative estimate of drug-likeness (QED) is 0.0222. The molecule has 108 heavy (non-hydrogen) atoms. The van der Waals surface area contributed by atoms with Gasteiger partial charge in [-0.2, -0.15) is 0 Å². The Hall–Kier alpha value is -1.94. The highest BCUT2D eigenvalue weighted by Crippen LogP contribution is 2.45. The lowest BCUT2D eigenvalue weighted by Crippen LogP contribution is -2.30. The Labute approximate surface area is 664 Å². The number of unbranched alkanes of at least 4 members (excludes halogenated alkanes) is 52. The monoisotopic (exact) mass is 1580 g/mol. The molecule has 642 valence electrons. The molecule has 0 radical (unpaired) electrons. The maximum atomic E-state index is 13.2. The molecule has 0 aromatic heterocycles. The summed E-state index contributed by atoms with van der Waals surface area (Å²) in [7, 11) is -9.93. The first-order valence-corrected chi connectivity index (χ1v) is 48.7. The van der Waals surface area contributed by atoms with E-state index in [0.717, 1.165) is 114 Å². The Morgan fingerprint density at radius 1 is 0.231 bits per heavy atom. The van der Waals surface area contributed by atoms with Crippen molar-refractivity contribution in [3.8, 4) is 0 Å². The summed E-state index contributed by atoms with van der Waals surface area (Å²) in [5.41, 5.74) is 0. The van der Waals surface area contributed by atoms with Crippen LogP contribution < -0.4 is 0 Å². The van der Waals surface area contributed by atoms with Gasteiger partial charge < -0.3 is 33.8 Å². The zero-order valence-electron chi connectivity index (χ0n) is 71.5. The molecule has 0 aromatic rings. The van der Waals surface area contributed by atoms with Crippen LogP contribution in [0.2, 0.25) is 0 Å². The van der Waals surface area contributed by atoms with Crippen LogP contribution in [0.25, 0.3) is 0 Å². The van der Waals surface area contributed by atoms with Crippen molar-refractivity contribution in [2.45, 2.75) is 485 Å². The van der Waals surface area contributed by atoms with Crippen LogP contribution in [0.4, 0.5) is 0 Å². The standard InChI is InChI=1S/C89H174O17P2/c1-79(2)65-57-49-41-33-26-21-17-13-9-11-15-19-23-29-37-45-53-61-69-86(91)99-75-84(105-88(93)71-63-55-47-38-30-24-20-16-12-10-14-18-22-27-34-42-50-58-66-80(3)4)77-103-107(95,96)101-73-83(90)74-102-108(97,98)104-78-85(76-100-87(92)70-62-54-46-40-32-36-44-52-60-68-82(7)8)106-89(94)72-64-56-48-39-31-25-28-35-43-51-59-67-81(5)6/h79-85,90H,9-78H2,1-8H3,(H,95,96)(H,97,98)/t83-,84-,85-/m1/s1. The summed E-state index contributed by atoms with van der Waals surface area (Å²) in [5, 5.41) is 10.7. The molecule has 0 fully saturated rings. The average molecular weight is 1580 g/mol. The second kappa shape index (κ2) is 77.6. The van der Waals surface area contributed by atoms with E-state index in [2.05, 4.69) is 55.4 Å². The number of hydrogen-bond donors (Lipinski definition) is 3. The molecule has 0 bridgehead atoms. The van der Waals surface area contributed by atoms with E-state index >= 15 is 0 Å². The third-order valence-corrected chi connectivity index (χ3v) is 22.7. The van der Waals surface area contributed by atoms with Gasteiger partial charge in [0.25, 0.3) is 0 Å². The van der Waals surface area contributed by atoms with Gasteiger partial charge in [-0.25, -0.2) is 9.13 Å². The zero-order chi connectivity index (χ0) is 79.5. The zero-order valence-corrected chi connectivity index (χ0v) is 73.3. The Morgan fingerprint density at radius 3 is 0.574 bits per heavy atom. The number of rotatable bonds is 86. The Kier molecular flexibility index (Phi) is 76.2. The molecular formula is C89H174O17P2. The van der Waals surface area contributed by atoms with Gasteiger partial charge in [-0.3, -0.25) is 37.3 Å². The van der Waals surface area contributed by atoms with Crippen LogP contribution in [0, 0.1) is 23.7 Å². The van der Waals surface area contributed by atoms with Crippen molar-refractivity contribution in [1.82, 2.24) is 0 Å². The van der Waals surface area contributed by atoms with E-state index in [-0.39, 0.29) is 25.7 Å². The number of hydrogen-bond acceptors (Lipinski definition) is 15. The van der Waals surface area contributed by atoms with Crippen LogP contribution in [0.1, 0.15) is 466 Å². The molecule has 0 aliphatic heterocycles. The van der Waals surface area contributed by atoms with Gasteiger partial charge in [0.2, 0.25) is 0 Å². The first-order valence-electron chi connectivity index (χ1n) is 45.7. The lowest BCUT2D eigenvalue weighted by molar-refractivity contribution is -0.161. The molecule has 0 saturated heterocycles. The van der Waals surface area contributed by atoms with E-state index in [0.29, 0.717) is 25.7 Å². The van der Waals surface area contributed by atoms with Crippen molar-refractivity contribution in [2.75, 3.05) is 39.6 Å². The largest absolute Gasteiger partial charge is 0.472 e. The molecule has 0 aliphatic rings. The summed E-state index contributed by atoms with van der Waals surface area (Å²) >= 11 is 0. The predicted octanol–water partition coefficient (Wildman–Crippen LogP) is 27.1. The number of carbonyl (C=O) groups excluding carboxylic acids is 4. The van der Waals surface area contributed by atoms with E-state index in [1.54, 1.807) is 0 Å². The van der Waals surface area contributed by atoms with E-state index in [1.165, 1.54) is 270 Å². The van der Waals surface area contributed by atoms with Crippen molar-refractivity contribution < 1.29 is 80.2 Å². The van der Waals surface area contributed by atoms with E-state index in [1.807, 2.05) is 0 Å². The van der Waals surface area contributed by atoms with Gasteiger partial charge >= 0.3 is 39.5 Å². The van der Waals surface area contributed by atoms with Crippen molar-refractivity contribution in [3.05, 3.63) is 0 Å². The second-order valence-corrected chi connectivity index (χ2v) is 36.8. The molecule has 5 atom stereocenters. The van der Waals surface area contributed by atoms with Crippen molar-refractivity contribution in [1.29, 1.82) is 0 Å². The first kappa shape index (κ1) is 106. The molecule has 0 heterocycles. The van der Waals surface area contributed by atoms with Crippen LogP contribution in [-0.2, 0) is 65.4 Å². The minimum absolute atomic E-state index is 0.106. The summed E-state index contributed by atoms with van der Waals surface area (Å²) in [6, 6.07) is 0. The fourth-order valence-corrected chi connectivity index (χ4v) is 15.4. The van der Waals surface area contributed by atoms with Crippen LogP contribution >= 0.6 is 15.6 Å². The van der Waals surface area contributed by atoms with E-state index in [4.69, 9.17) is 37.0 Å². The SMILES string of the molecule is CC(C)CCCCCCCCCCCCCCCCCCCCC(=O)OC[C@H](COP(=O)(O)OC[C@@H](O)COP(=O)(O)OC[C@@H](COC(=O)CCCCCCCCCCCC(C)C)OC(=O)CCCCCCCCCCCCCC(C)C)OC(=O)CCCCCCCCCCCCCCCCCCCCC(C)C. The Balaban J connectivity index is 5.24. The third kappa shape index (κ3) is 82.1. The van der Waals surface area contributed by atoms with Crippen molar-refractivity contribution in [3.63, 3.8) is 0 Å². The summed E-state index contributed by atoms with van der Waals surface area (Å²) in [6.45, 7) is 14.4. The molecule has 0 aromatic carbocycles. The first-order chi connectivity index (χ1) is 52.1. The maximum absolute atomic E-state index is 13.2. The van der Waals surface area contributed by atoms with Crippen LogP contribution in [0.15, 0.2) is 0 Å². The smallest absolute Gasteiger partial charge is 0.462 e. The molecule has 17 nitrogen and oxygen atoms in total. The molecular weight excluding hydrogens is 1400 g/mol. The molecule has 2 unspecified atom stereocenters. The molecule has 0 aliphatic carbocycles. The highest BCUT2D eigenvalue weighted by molar-refractivity contribution is 7.47. The van der Waals surface area contributed by atoms with Crippen LogP contribution in [0.5, 0.6) is 0 Å². The number of aliphatic hydroxyl groups is 1. The minimum Gasteiger partial charge on any atom is -0.462 e. The normalized spacial score (nSPS) is 13.9. The second-order valence-electron chi connectivity index (χ2n) is 33.9. The van der Waals surface area contributed by atoms with E-state index < -0.39 is 97.5 Å². The fraction of sp³-hybridized carbons (Fsp3) is 0.955. The molecule has 3 N–H and O–H groups in total. The summed E-state index contributed by atoms with van der Waals surface area (Å²) in [5.74, 6) is 1.05. The van der Waals surface area contributed by atoms with Gasteiger partial charge in [0.05, 0.1) is 26.4 Å². The summed E-state index contributed by atoms with van der Waals surface area (Å²) in [4.78, 5) is 73.3. The molecule has 0 saturated carbocycles. The van der Waals surface area contributed by atoms with Gasteiger partial charge in [-0.1, -0.05) is 415 Å². The summed E-state index contributed by atoms with van der Waals surface area (Å²) < 4.78 is 69.0. The lowest BCUT2D eigenvalue weighted by Gasteiger charge is -2.21. The maximum Gasteiger partial charge on any atom is 0.472 e. The lowest BCUT2D eigenvalue weighted by atomic mass is 10.0. The Morgan fingerprint density at radius 2 is 0.389 bits per heavy atom. The van der Waals surface area contributed by atoms with Gasteiger partial charge in [0, 0.05) is 25.7 Å². The third-order valence-electron chi connectivity index (χ3n) is 20.8. The summed E-state index contributed by atoms with van der Waals surface area (Å²) in [6.07, 6.45) is 68.1. The number of ether oxygens (including phenoxy) is 4. The highest BCUT2D eigenvalue weighted by atomic mass is 31.2. The number of esters is 4. The Bertz CT molecular complexity index is 2090. The van der Waals surface area contributed by atoms with Gasteiger partial charge in [0.1, 0.15) is 19.3 Å². The highest BCUT2D eigenvalue weighted by Gasteiger charge is 2.31. The molecule has 0 amide bonds. The molecule has 0 rings (SSSR count). The van der Waals surface area contributed by atoms with Crippen LogP contribution in [-0.4, -0.2) is 96.7 Å². The number of phosphoric acid groups is 2. The molecule has 19 heteroatoms.